The van der Waals surface area contributed by atoms with Gasteiger partial charge in [-0.25, -0.2) is 18.2 Å². The summed E-state index contributed by atoms with van der Waals surface area (Å²) in [6, 6.07) is 0. The molecule has 7 nitrogen and oxygen atoms in total. The zero-order chi connectivity index (χ0) is 14.8. The van der Waals surface area contributed by atoms with Crippen LogP contribution in [0.1, 0.15) is 35.4 Å². The zero-order valence-corrected chi connectivity index (χ0v) is 12.2. The number of aromatic nitrogens is 2. The van der Waals surface area contributed by atoms with Gasteiger partial charge >= 0.3 is 5.97 Å². The number of imidazole rings is 1. The Balaban J connectivity index is 2.13. The summed E-state index contributed by atoms with van der Waals surface area (Å²) in [5, 5.41) is 8.82. The number of likely N-dealkylation sites (tertiary alicyclic amines) is 1. The van der Waals surface area contributed by atoms with Gasteiger partial charge in [-0.2, -0.15) is 0 Å². The van der Waals surface area contributed by atoms with Gasteiger partial charge in [0.15, 0.2) is 5.69 Å². The highest BCUT2D eigenvalue weighted by atomic mass is 32.2. The van der Waals surface area contributed by atoms with E-state index in [2.05, 4.69) is 14.9 Å². The minimum Gasteiger partial charge on any atom is -0.476 e. The van der Waals surface area contributed by atoms with Crippen molar-refractivity contribution in [2.75, 3.05) is 25.9 Å². The number of aromatic carboxylic acids is 1. The Morgan fingerprint density at radius 2 is 2.00 bits per heavy atom. The SMILES string of the molecule is CS(=O)(=O)c1nc(C(=O)O)c(CCN2CCCCC2)[nH]1. The van der Waals surface area contributed by atoms with Crippen LogP contribution in [0.5, 0.6) is 0 Å². The largest absolute Gasteiger partial charge is 0.476 e. The summed E-state index contributed by atoms with van der Waals surface area (Å²) in [6.45, 7) is 2.73. The predicted octanol–water partition coefficient (Wildman–Crippen LogP) is 0.540. The zero-order valence-electron chi connectivity index (χ0n) is 11.4. The molecule has 1 aliphatic rings. The number of nitrogens with one attached hydrogen (secondary N) is 1. The highest BCUT2D eigenvalue weighted by molar-refractivity contribution is 7.90. The Morgan fingerprint density at radius 1 is 1.35 bits per heavy atom. The number of hydrogen-bond acceptors (Lipinski definition) is 5. The molecule has 2 rings (SSSR count). The number of H-pyrrole nitrogens is 1. The van der Waals surface area contributed by atoms with Crippen LogP contribution in [0.4, 0.5) is 0 Å². The minimum absolute atomic E-state index is 0.192. The van der Waals surface area contributed by atoms with Crippen molar-refractivity contribution in [2.45, 2.75) is 30.8 Å². The van der Waals surface area contributed by atoms with Crippen LogP contribution in [-0.4, -0.2) is 60.3 Å². The molecule has 0 amide bonds. The third-order valence-electron chi connectivity index (χ3n) is 3.44. The molecule has 1 aromatic heterocycles. The van der Waals surface area contributed by atoms with Gasteiger partial charge in [0.25, 0.3) is 0 Å². The first kappa shape index (κ1) is 15.0. The van der Waals surface area contributed by atoms with Gasteiger partial charge in [0.05, 0.1) is 5.69 Å². The van der Waals surface area contributed by atoms with E-state index < -0.39 is 15.8 Å². The van der Waals surface area contributed by atoms with E-state index in [1.54, 1.807) is 0 Å². The van der Waals surface area contributed by atoms with Gasteiger partial charge in [-0.1, -0.05) is 6.42 Å². The first-order chi connectivity index (χ1) is 9.38. The van der Waals surface area contributed by atoms with Gasteiger partial charge in [0, 0.05) is 19.2 Å². The number of piperidine rings is 1. The lowest BCUT2D eigenvalue weighted by Gasteiger charge is -2.26. The molecule has 0 atom stereocenters. The average Bonchev–Trinajstić information content (AvgIpc) is 2.82. The topological polar surface area (TPSA) is 103 Å². The number of carboxylic acid groups (broad SMARTS) is 1. The van der Waals surface area contributed by atoms with Crippen molar-refractivity contribution in [2.24, 2.45) is 0 Å². The normalized spacial score (nSPS) is 17.2. The van der Waals surface area contributed by atoms with Crippen molar-refractivity contribution in [3.63, 3.8) is 0 Å². The maximum Gasteiger partial charge on any atom is 0.356 e. The summed E-state index contributed by atoms with van der Waals surface area (Å²) >= 11 is 0. The lowest BCUT2D eigenvalue weighted by Crippen LogP contribution is -2.31. The van der Waals surface area contributed by atoms with E-state index in [0.717, 1.165) is 32.2 Å². The summed E-state index contributed by atoms with van der Waals surface area (Å²) in [6.07, 6.45) is 5.02. The molecular weight excluding hydrogens is 282 g/mol. The van der Waals surface area contributed by atoms with E-state index in [1.807, 2.05) is 0 Å². The lowest BCUT2D eigenvalue weighted by molar-refractivity contribution is 0.0689. The van der Waals surface area contributed by atoms with Crippen LogP contribution in [-0.2, 0) is 16.3 Å². The van der Waals surface area contributed by atoms with Crippen molar-refractivity contribution in [1.29, 1.82) is 0 Å². The van der Waals surface area contributed by atoms with E-state index in [-0.39, 0.29) is 10.9 Å². The summed E-state index contributed by atoms with van der Waals surface area (Å²) in [5.74, 6) is -1.20. The van der Waals surface area contributed by atoms with Gasteiger partial charge in [0.2, 0.25) is 15.0 Å². The molecule has 1 aromatic rings. The molecule has 1 aliphatic heterocycles. The summed E-state index contributed by atoms with van der Waals surface area (Å²) in [5.41, 5.74) is 0.186. The summed E-state index contributed by atoms with van der Waals surface area (Å²) in [7, 11) is -3.52. The van der Waals surface area contributed by atoms with Crippen LogP contribution in [0.3, 0.4) is 0 Å². The first-order valence-corrected chi connectivity index (χ1v) is 8.51. The number of sulfone groups is 1. The number of rotatable bonds is 5. The monoisotopic (exact) mass is 301 g/mol. The molecular formula is C12H19N3O4S. The Kier molecular flexibility index (Phi) is 4.44. The third-order valence-corrected chi connectivity index (χ3v) is 4.33. The van der Waals surface area contributed by atoms with Crippen molar-refractivity contribution in [3.8, 4) is 0 Å². The van der Waals surface area contributed by atoms with Crippen LogP contribution in [0.2, 0.25) is 0 Å². The fraction of sp³-hybridized carbons (Fsp3) is 0.667. The molecule has 8 heteroatoms. The molecule has 0 saturated carbocycles. The van der Waals surface area contributed by atoms with Gasteiger partial charge in [0.1, 0.15) is 0 Å². The Hall–Kier alpha value is -1.41. The van der Waals surface area contributed by atoms with Gasteiger partial charge in [-0.3, -0.25) is 0 Å². The minimum atomic E-state index is -3.52. The molecule has 112 valence electrons. The van der Waals surface area contributed by atoms with Gasteiger partial charge < -0.3 is 15.0 Å². The third kappa shape index (κ3) is 3.57. The number of carbonyl (C=O) groups is 1. The molecule has 0 bridgehead atoms. The van der Waals surface area contributed by atoms with Crippen molar-refractivity contribution >= 4 is 15.8 Å². The molecule has 20 heavy (non-hydrogen) atoms. The molecule has 1 saturated heterocycles. The maximum absolute atomic E-state index is 11.4. The molecule has 0 aromatic carbocycles. The lowest BCUT2D eigenvalue weighted by atomic mass is 10.1. The summed E-state index contributed by atoms with van der Waals surface area (Å²) in [4.78, 5) is 19.7. The van der Waals surface area contributed by atoms with E-state index in [0.29, 0.717) is 18.7 Å². The van der Waals surface area contributed by atoms with Crippen LogP contribution in [0.25, 0.3) is 0 Å². The molecule has 2 heterocycles. The van der Waals surface area contributed by atoms with E-state index in [1.165, 1.54) is 6.42 Å². The van der Waals surface area contributed by atoms with Gasteiger partial charge in [-0.05, 0) is 25.9 Å². The Morgan fingerprint density at radius 3 is 2.55 bits per heavy atom. The Bertz CT molecular complexity index is 588. The fourth-order valence-electron chi connectivity index (χ4n) is 2.37. The van der Waals surface area contributed by atoms with E-state index >= 15 is 0 Å². The molecule has 2 N–H and O–H groups in total. The first-order valence-electron chi connectivity index (χ1n) is 6.62. The molecule has 0 radical (unpaired) electrons. The van der Waals surface area contributed by atoms with Crippen LogP contribution in [0.15, 0.2) is 5.16 Å². The van der Waals surface area contributed by atoms with Crippen molar-refractivity contribution in [1.82, 2.24) is 14.9 Å². The van der Waals surface area contributed by atoms with E-state index in [4.69, 9.17) is 5.11 Å². The predicted molar refractivity (Wildman–Crippen MR) is 72.7 cm³/mol. The Labute approximate surface area is 117 Å². The average molecular weight is 301 g/mol. The highest BCUT2D eigenvalue weighted by Crippen LogP contribution is 2.14. The molecule has 0 aliphatic carbocycles. The number of nitrogens with zero attached hydrogens (tertiary/aromatic N) is 2. The second-order valence-electron chi connectivity index (χ2n) is 5.10. The maximum atomic E-state index is 11.4. The van der Waals surface area contributed by atoms with E-state index in [9.17, 15) is 13.2 Å². The smallest absolute Gasteiger partial charge is 0.356 e. The van der Waals surface area contributed by atoms with Crippen molar-refractivity contribution in [3.05, 3.63) is 11.4 Å². The van der Waals surface area contributed by atoms with Crippen LogP contribution >= 0.6 is 0 Å². The molecule has 1 fully saturated rings. The fourth-order valence-corrected chi connectivity index (χ4v) is 2.94. The second kappa shape index (κ2) is 5.92. The summed E-state index contributed by atoms with van der Waals surface area (Å²) < 4.78 is 22.9. The second-order valence-corrected chi connectivity index (χ2v) is 7.03. The quantitative estimate of drug-likeness (QED) is 0.822. The van der Waals surface area contributed by atoms with Crippen molar-refractivity contribution < 1.29 is 18.3 Å². The molecule has 0 unspecified atom stereocenters. The number of aromatic amines is 1. The molecule has 0 spiro atoms. The van der Waals surface area contributed by atoms with Crippen LogP contribution in [0, 0.1) is 0 Å². The van der Waals surface area contributed by atoms with Gasteiger partial charge in [-0.15, -0.1) is 0 Å². The number of hydrogen-bond donors (Lipinski definition) is 2. The highest BCUT2D eigenvalue weighted by Gasteiger charge is 2.22. The van der Waals surface area contributed by atoms with Crippen LogP contribution < -0.4 is 0 Å². The number of carboxylic acids is 1. The standard InChI is InChI=1S/C12H19N3O4S/c1-20(18,19)12-13-9(10(14-12)11(16)17)5-8-15-6-3-2-4-7-15/h2-8H2,1H3,(H,13,14)(H,16,17).